The van der Waals surface area contributed by atoms with E-state index in [-0.39, 0.29) is 30.6 Å². The molecule has 1 aliphatic carbocycles. The molecule has 2 amide bonds. The molecule has 1 fully saturated rings. The van der Waals surface area contributed by atoms with Gasteiger partial charge >= 0.3 is 0 Å². The highest BCUT2D eigenvalue weighted by molar-refractivity contribution is 6.52. The van der Waals surface area contributed by atoms with Crippen LogP contribution in [-0.4, -0.2) is 30.2 Å². The molecule has 21 heavy (non-hydrogen) atoms. The molecule has 0 unspecified atom stereocenters. The molecule has 0 spiro atoms. The molecule has 0 saturated heterocycles. The van der Waals surface area contributed by atoms with Gasteiger partial charge in [0.05, 0.1) is 11.3 Å². The highest BCUT2D eigenvalue weighted by atomic mass is 19.1. The number of fused-ring (bicyclic) bond motifs is 1. The predicted molar refractivity (Wildman–Crippen MR) is 68.8 cm³/mol. The standard InChI is InChI=1S/C14H12F2N2O3/c15-7-5-9(16)12-10(6-7)18(14(21)13(12)20)4-3-11(19)17-8-1-2-8/h5-6,8H,1-4H2,(H,17,19). The van der Waals surface area contributed by atoms with Crippen LogP contribution in [0.4, 0.5) is 14.5 Å². The summed E-state index contributed by atoms with van der Waals surface area (Å²) < 4.78 is 26.9. The molecule has 1 aliphatic heterocycles. The summed E-state index contributed by atoms with van der Waals surface area (Å²) in [5.41, 5.74) is -0.536. The lowest BCUT2D eigenvalue weighted by Gasteiger charge is -2.16. The second kappa shape index (κ2) is 4.91. The number of amides is 2. The Balaban J connectivity index is 1.78. The Morgan fingerprint density at radius 2 is 2.00 bits per heavy atom. The molecule has 0 radical (unpaired) electrons. The van der Waals surface area contributed by atoms with E-state index in [2.05, 4.69) is 5.32 Å². The molecule has 1 heterocycles. The van der Waals surface area contributed by atoms with Crippen molar-refractivity contribution in [2.75, 3.05) is 11.4 Å². The van der Waals surface area contributed by atoms with Gasteiger partial charge in [0.2, 0.25) is 5.91 Å². The fraction of sp³-hybridized carbons (Fsp3) is 0.357. The number of hydrogen-bond acceptors (Lipinski definition) is 3. The lowest BCUT2D eigenvalue weighted by atomic mass is 10.1. The molecule has 3 rings (SSSR count). The first-order valence-electron chi connectivity index (χ1n) is 6.62. The van der Waals surface area contributed by atoms with Crippen molar-refractivity contribution in [1.29, 1.82) is 0 Å². The van der Waals surface area contributed by atoms with Crippen molar-refractivity contribution >= 4 is 23.3 Å². The first-order chi connectivity index (χ1) is 9.97. The van der Waals surface area contributed by atoms with Crippen LogP contribution in [0.5, 0.6) is 0 Å². The Morgan fingerprint density at radius 3 is 2.67 bits per heavy atom. The number of anilines is 1. The number of hydrogen-bond donors (Lipinski definition) is 1. The van der Waals surface area contributed by atoms with E-state index in [9.17, 15) is 23.2 Å². The predicted octanol–water partition coefficient (Wildman–Crippen LogP) is 1.16. The molecule has 0 aromatic heterocycles. The van der Waals surface area contributed by atoms with Gasteiger partial charge in [0.25, 0.3) is 11.7 Å². The SMILES string of the molecule is O=C(CCN1C(=O)C(=O)c2c(F)cc(F)cc21)NC1CC1. The molecule has 1 aromatic carbocycles. The second-order valence-corrected chi connectivity index (χ2v) is 5.16. The maximum Gasteiger partial charge on any atom is 0.299 e. The van der Waals surface area contributed by atoms with Gasteiger partial charge in [0.15, 0.2) is 0 Å². The fourth-order valence-electron chi connectivity index (χ4n) is 2.30. The number of rotatable bonds is 4. The monoisotopic (exact) mass is 294 g/mol. The van der Waals surface area contributed by atoms with Gasteiger partial charge in [0, 0.05) is 25.1 Å². The first kappa shape index (κ1) is 13.7. The van der Waals surface area contributed by atoms with Gasteiger partial charge in [-0.15, -0.1) is 0 Å². The number of benzene rings is 1. The molecule has 0 bridgehead atoms. The maximum absolute atomic E-state index is 13.6. The minimum Gasteiger partial charge on any atom is -0.353 e. The average Bonchev–Trinajstić information content (AvgIpc) is 3.17. The molecule has 5 nitrogen and oxygen atoms in total. The summed E-state index contributed by atoms with van der Waals surface area (Å²) in [5, 5.41) is 2.74. The summed E-state index contributed by atoms with van der Waals surface area (Å²) in [5.74, 6) is -4.13. The van der Waals surface area contributed by atoms with E-state index in [1.807, 2.05) is 0 Å². The highest BCUT2D eigenvalue weighted by Crippen LogP contribution is 2.32. The van der Waals surface area contributed by atoms with Gasteiger partial charge in [-0.05, 0) is 18.9 Å². The molecule has 1 N–H and O–H groups in total. The zero-order chi connectivity index (χ0) is 15.1. The average molecular weight is 294 g/mol. The van der Waals surface area contributed by atoms with Gasteiger partial charge in [-0.2, -0.15) is 0 Å². The van der Waals surface area contributed by atoms with Crippen LogP contribution in [0, 0.1) is 11.6 Å². The quantitative estimate of drug-likeness (QED) is 0.848. The number of carbonyl (C=O) groups is 3. The summed E-state index contributed by atoms with van der Waals surface area (Å²) in [6, 6.07) is 1.68. The number of ketones is 1. The largest absolute Gasteiger partial charge is 0.353 e. The third-order valence-corrected chi connectivity index (χ3v) is 3.50. The molecule has 110 valence electrons. The molecular weight excluding hydrogens is 282 g/mol. The van der Waals surface area contributed by atoms with E-state index in [1.54, 1.807) is 0 Å². The molecule has 1 aromatic rings. The van der Waals surface area contributed by atoms with E-state index >= 15 is 0 Å². The summed E-state index contributed by atoms with van der Waals surface area (Å²) in [6.45, 7) is -0.0843. The summed E-state index contributed by atoms with van der Waals surface area (Å²) in [7, 11) is 0. The van der Waals surface area contributed by atoms with E-state index in [0.717, 1.165) is 23.8 Å². The Morgan fingerprint density at radius 1 is 1.29 bits per heavy atom. The summed E-state index contributed by atoms with van der Waals surface area (Å²) >= 11 is 0. The number of carbonyl (C=O) groups excluding carboxylic acids is 3. The van der Waals surface area contributed by atoms with Crippen LogP contribution in [0.3, 0.4) is 0 Å². The van der Waals surface area contributed by atoms with Crippen molar-refractivity contribution in [2.24, 2.45) is 0 Å². The van der Waals surface area contributed by atoms with Crippen LogP contribution in [0.1, 0.15) is 29.6 Å². The van der Waals surface area contributed by atoms with Crippen LogP contribution >= 0.6 is 0 Å². The van der Waals surface area contributed by atoms with Crippen LogP contribution in [-0.2, 0) is 9.59 Å². The van der Waals surface area contributed by atoms with Gasteiger partial charge in [-0.3, -0.25) is 14.4 Å². The number of halogens is 2. The second-order valence-electron chi connectivity index (χ2n) is 5.16. The van der Waals surface area contributed by atoms with Gasteiger partial charge in [-0.25, -0.2) is 8.78 Å². The lowest BCUT2D eigenvalue weighted by Crippen LogP contribution is -2.35. The van der Waals surface area contributed by atoms with Crippen molar-refractivity contribution in [3.8, 4) is 0 Å². The zero-order valence-electron chi connectivity index (χ0n) is 11.0. The smallest absolute Gasteiger partial charge is 0.299 e. The van der Waals surface area contributed by atoms with E-state index in [0.29, 0.717) is 6.07 Å². The van der Waals surface area contributed by atoms with Crippen LogP contribution in [0.2, 0.25) is 0 Å². The van der Waals surface area contributed by atoms with Crippen molar-refractivity contribution in [3.05, 3.63) is 29.3 Å². The van der Waals surface area contributed by atoms with Crippen molar-refractivity contribution in [3.63, 3.8) is 0 Å². The first-order valence-corrected chi connectivity index (χ1v) is 6.62. The summed E-state index contributed by atoms with van der Waals surface area (Å²) in [4.78, 5) is 36.1. The Kier molecular flexibility index (Phi) is 3.19. The number of nitrogens with zero attached hydrogens (tertiary/aromatic N) is 1. The number of nitrogens with one attached hydrogen (secondary N) is 1. The normalized spacial score (nSPS) is 17.1. The van der Waals surface area contributed by atoms with Gasteiger partial charge in [0.1, 0.15) is 11.6 Å². The Bertz CT molecular complexity index is 656. The number of Topliss-reactive ketones (excluding diaryl/α,β-unsaturated/α-hetero) is 1. The Labute approximate surface area is 118 Å². The van der Waals surface area contributed by atoms with E-state index in [4.69, 9.17) is 0 Å². The van der Waals surface area contributed by atoms with Gasteiger partial charge < -0.3 is 10.2 Å². The van der Waals surface area contributed by atoms with Crippen molar-refractivity contribution < 1.29 is 23.2 Å². The molecule has 1 saturated carbocycles. The molecule has 2 aliphatic rings. The van der Waals surface area contributed by atoms with Crippen molar-refractivity contribution in [1.82, 2.24) is 5.32 Å². The molecule has 7 heteroatoms. The third-order valence-electron chi connectivity index (χ3n) is 3.50. The van der Waals surface area contributed by atoms with Crippen LogP contribution in [0.25, 0.3) is 0 Å². The van der Waals surface area contributed by atoms with E-state index in [1.165, 1.54) is 0 Å². The van der Waals surface area contributed by atoms with E-state index < -0.39 is 28.9 Å². The highest BCUT2D eigenvalue weighted by Gasteiger charge is 2.39. The van der Waals surface area contributed by atoms with Crippen molar-refractivity contribution in [2.45, 2.75) is 25.3 Å². The minimum atomic E-state index is -1.06. The lowest BCUT2D eigenvalue weighted by molar-refractivity contribution is -0.121. The molecule has 0 atom stereocenters. The molecular formula is C14H12F2N2O3. The van der Waals surface area contributed by atoms with Gasteiger partial charge in [-0.1, -0.05) is 0 Å². The fourth-order valence-corrected chi connectivity index (χ4v) is 2.30. The van der Waals surface area contributed by atoms with Crippen LogP contribution < -0.4 is 10.2 Å². The summed E-state index contributed by atoms with van der Waals surface area (Å²) in [6.07, 6.45) is 1.85. The maximum atomic E-state index is 13.6. The Hall–Kier alpha value is -2.31. The minimum absolute atomic E-state index is 0.0207. The third kappa shape index (κ3) is 2.51. The topological polar surface area (TPSA) is 66.5 Å². The zero-order valence-corrected chi connectivity index (χ0v) is 11.0. The van der Waals surface area contributed by atoms with Crippen LogP contribution in [0.15, 0.2) is 12.1 Å².